The van der Waals surface area contributed by atoms with Gasteiger partial charge in [0.05, 0.1) is 25.1 Å². The number of morpholine rings is 1. The summed E-state index contributed by atoms with van der Waals surface area (Å²) in [5.41, 5.74) is 1.21. The largest absolute Gasteiger partial charge is 0.379 e. The molecule has 3 aromatic heterocycles. The fourth-order valence-corrected chi connectivity index (χ4v) is 7.82. The van der Waals surface area contributed by atoms with Crippen LogP contribution >= 0.6 is 22.7 Å². The molecule has 2 saturated heterocycles. The Morgan fingerprint density at radius 1 is 1.06 bits per heavy atom. The zero-order valence-electron chi connectivity index (χ0n) is 18.3. The van der Waals surface area contributed by atoms with E-state index in [9.17, 15) is 8.42 Å². The Hall–Kier alpha value is -1.63. The summed E-state index contributed by atoms with van der Waals surface area (Å²) in [7, 11) is -3.42. The topological polar surface area (TPSA) is 78.9 Å². The molecule has 0 atom stereocenters. The van der Waals surface area contributed by atoms with Crippen molar-refractivity contribution in [3.05, 3.63) is 33.8 Å². The van der Waals surface area contributed by atoms with Crippen LogP contribution in [0.15, 0.2) is 21.7 Å². The second-order valence-corrected chi connectivity index (χ2v) is 12.5. The van der Waals surface area contributed by atoms with E-state index < -0.39 is 10.0 Å². The Labute approximate surface area is 196 Å². The highest BCUT2D eigenvalue weighted by Crippen LogP contribution is 2.36. The van der Waals surface area contributed by atoms with Crippen molar-refractivity contribution >= 4 is 48.7 Å². The molecule has 0 radical (unpaired) electrons. The van der Waals surface area contributed by atoms with Crippen LogP contribution in [0.5, 0.6) is 0 Å². The molecule has 0 saturated carbocycles. The van der Waals surface area contributed by atoms with Gasteiger partial charge in [0.2, 0.25) is 0 Å². The number of hydrogen-bond acceptors (Lipinski definition) is 9. The number of fused-ring (bicyclic) bond motifs is 1. The van der Waals surface area contributed by atoms with Gasteiger partial charge >= 0.3 is 0 Å². The van der Waals surface area contributed by atoms with Crippen molar-refractivity contribution in [3.8, 4) is 0 Å². The monoisotopic (exact) mass is 493 g/mol. The molecule has 5 rings (SSSR count). The molecule has 2 aliphatic rings. The molecule has 3 aromatic rings. The van der Waals surface area contributed by atoms with Crippen LogP contribution in [0.1, 0.15) is 16.3 Å². The first kappa shape index (κ1) is 22.2. The van der Waals surface area contributed by atoms with E-state index in [2.05, 4.69) is 23.6 Å². The SMILES string of the molecule is Cc1sc2nc(CN3CCOCC3)nc(N3CCN(S(=O)(=O)c4cccs4)CC3)c2c1C. The number of ether oxygens (including phenoxy) is 1. The normalized spacial score (nSPS) is 19.1. The number of aryl methyl sites for hydroxylation is 2. The van der Waals surface area contributed by atoms with Gasteiger partial charge < -0.3 is 9.64 Å². The van der Waals surface area contributed by atoms with Gasteiger partial charge in [0.15, 0.2) is 0 Å². The van der Waals surface area contributed by atoms with E-state index in [0.29, 0.717) is 36.9 Å². The predicted molar refractivity (Wildman–Crippen MR) is 128 cm³/mol. The molecule has 32 heavy (non-hydrogen) atoms. The Morgan fingerprint density at radius 2 is 1.81 bits per heavy atom. The van der Waals surface area contributed by atoms with Crippen LogP contribution < -0.4 is 4.90 Å². The maximum Gasteiger partial charge on any atom is 0.252 e. The Balaban J connectivity index is 1.41. The molecular formula is C21H27N5O3S3. The average Bonchev–Trinajstić information content (AvgIpc) is 3.44. The molecule has 0 aromatic carbocycles. The molecule has 0 amide bonds. The lowest BCUT2D eigenvalue weighted by molar-refractivity contribution is 0.0331. The molecule has 5 heterocycles. The third kappa shape index (κ3) is 4.17. The minimum absolute atomic E-state index is 0.410. The second-order valence-electron chi connectivity index (χ2n) is 8.14. The van der Waals surface area contributed by atoms with E-state index in [-0.39, 0.29) is 0 Å². The van der Waals surface area contributed by atoms with Crippen molar-refractivity contribution in [3.63, 3.8) is 0 Å². The van der Waals surface area contributed by atoms with E-state index in [1.54, 1.807) is 33.2 Å². The summed E-state index contributed by atoms with van der Waals surface area (Å²) in [5.74, 6) is 1.76. The maximum absolute atomic E-state index is 12.9. The molecule has 11 heteroatoms. The van der Waals surface area contributed by atoms with Gasteiger partial charge in [-0.1, -0.05) is 6.07 Å². The van der Waals surface area contributed by atoms with Crippen LogP contribution in [0.3, 0.4) is 0 Å². The van der Waals surface area contributed by atoms with E-state index >= 15 is 0 Å². The van der Waals surface area contributed by atoms with Crippen LogP contribution in [0.25, 0.3) is 10.2 Å². The summed E-state index contributed by atoms with van der Waals surface area (Å²) < 4.78 is 33.3. The van der Waals surface area contributed by atoms with Crippen molar-refractivity contribution in [1.29, 1.82) is 0 Å². The molecule has 0 spiro atoms. The number of nitrogens with zero attached hydrogens (tertiary/aromatic N) is 5. The van der Waals surface area contributed by atoms with Gasteiger partial charge in [-0.25, -0.2) is 18.4 Å². The fraction of sp³-hybridized carbons (Fsp3) is 0.524. The molecule has 8 nitrogen and oxygen atoms in total. The minimum Gasteiger partial charge on any atom is -0.379 e. The van der Waals surface area contributed by atoms with Crippen LogP contribution in [0.4, 0.5) is 5.82 Å². The highest BCUT2D eigenvalue weighted by atomic mass is 32.2. The van der Waals surface area contributed by atoms with E-state index in [4.69, 9.17) is 14.7 Å². The molecule has 0 aliphatic carbocycles. The number of piperazine rings is 1. The maximum atomic E-state index is 12.9. The zero-order chi connectivity index (χ0) is 22.3. The lowest BCUT2D eigenvalue weighted by Gasteiger charge is -2.35. The number of sulfonamides is 1. The molecule has 0 bridgehead atoms. The number of rotatable bonds is 5. The van der Waals surface area contributed by atoms with Gasteiger partial charge in [-0.3, -0.25) is 4.90 Å². The van der Waals surface area contributed by atoms with E-state index in [0.717, 1.165) is 48.2 Å². The number of thiophene rings is 2. The summed E-state index contributed by atoms with van der Waals surface area (Å²) in [5, 5.41) is 2.91. The Kier molecular flexibility index (Phi) is 6.21. The van der Waals surface area contributed by atoms with Gasteiger partial charge in [-0.15, -0.1) is 22.7 Å². The highest BCUT2D eigenvalue weighted by Gasteiger charge is 2.31. The molecule has 0 unspecified atom stereocenters. The smallest absolute Gasteiger partial charge is 0.252 e. The standard InChI is InChI=1S/C21H27N5O3S3/c1-15-16(2)31-21-19(15)20(22-17(23-21)14-24-9-11-29-12-10-24)25-5-7-26(8-6-25)32(27,28)18-4-3-13-30-18/h3-4,13H,5-12,14H2,1-2H3. The van der Waals surface area contributed by atoms with E-state index in [1.165, 1.54) is 21.8 Å². The highest BCUT2D eigenvalue weighted by molar-refractivity contribution is 7.91. The van der Waals surface area contributed by atoms with Crippen molar-refractivity contribution in [1.82, 2.24) is 19.2 Å². The minimum atomic E-state index is -3.42. The van der Waals surface area contributed by atoms with Crippen LogP contribution in [-0.2, 0) is 21.3 Å². The second kappa shape index (κ2) is 8.96. The lowest BCUT2D eigenvalue weighted by atomic mass is 10.2. The third-order valence-electron chi connectivity index (χ3n) is 6.15. The van der Waals surface area contributed by atoms with Gasteiger partial charge in [0, 0.05) is 44.1 Å². The molecule has 2 aliphatic heterocycles. The first-order valence-electron chi connectivity index (χ1n) is 10.8. The van der Waals surface area contributed by atoms with Crippen LogP contribution in [-0.4, -0.2) is 80.1 Å². The van der Waals surface area contributed by atoms with Gasteiger partial charge in [-0.05, 0) is 30.9 Å². The molecule has 0 N–H and O–H groups in total. The summed E-state index contributed by atoms with van der Waals surface area (Å²) >= 11 is 2.98. The first-order chi connectivity index (χ1) is 15.4. The van der Waals surface area contributed by atoms with Crippen LogP contribution in [0, 0.1) is 13.8 Å². The Bertz CT molecular complexity index is 1200. The van der Waals surface area contributed by atoms with Crippen molar-refractivity contribution in [2.24, 2.45) is 0 Å². The van der Waals surface area contributed by atoms with Gasteiger partial charge in [0.25, 0.3) is 10.0 Å². The van der Waals surface area contributed by atoms with Crippen molar-refractivity contribution in [2.45, 2.75) is 24.6 Å². The van der Waals surface area contributed by atoms with Gasteiger partial charge in [-0.2, -0.15) is 4.31 Å². The zero-order valence-corrected chi connectivity index (χ0v) is 20.7. The van der Waals surface area contributed by atoms with Crippen LogP contribution in [0.2, 0.25) is 0 Å². The Morgan fingerprint density at radius 3 is 2.50 bits per heavy atom. The summed E-state index contributed by atoms with van der Waals surface area (Å²) in [6, 6.07) is 3.46. The molecule has 172 valence electrons. The quantitative estimate of drug-likeness (QED) is 0.541. The third-order valence-corrected chi connectivity index (χ3v) is 10.5. The molecular weight excluding hydrogens is 466 g/mol. The van der Waals surface area contributed by atoms with Crippen molar-refractivity contribution < 1.29 is 13.2 Å². The number of anilines is 1. The lowest BCUT2D eigenvalue weighted by Crippen LogP contribution is -2.49. The summed E-state index contributed by atoms with van der Waals surface area (Å²) in [6.07, 6.45) is 0. The number of aromatic nitrogens is 2. The summed E-state index contributed by atoms with van der Waals surface area (Å²) in [6.45, 7) is 10.3. The predicted octanol–water partition coefficient (Wildman–Crippen LogP) is 2.71. The first-order valence-corrected chi connectivity index (χ1v) is 13.9. The average molecular weight is 494 g/mol. The van der Waals surface area contributed by atoms with E-state index in [1.807, 2.05) is 0 Å². The van der Waals surface area contributed by atoms with Crippen molar-refractivity contribution in [2.75, 3.05) is 57.4 Å². The number of hydrogen-bond donors (Lipinski definition) is 0. The van der Waals surface area contributed by atoms with Gasteiger partial charge in [0.1, 0.15) is 20.7 Å². The fourth-order valence-electron chi connectivity index (χ4n) is 4.21. The molecule has 2 fully saturated rings. The summed E-state index contributed by atoms with van der Waals surface area (Å²) in [4.78, 5) is 16.7.